The molecule has 0 bridgehead atoms. The largest absolute Gasteiger partial charge is 0.311 e. The fourth-order valence-electron chi connectivity index (χ4n) is 16.3. The molecule has 17 rings (SSSR count). The Balaban J connectivity index is 0.707. The number of rotatable bonds is 14. The highest BCUT2D eigenvalue weighted by atomic mass is 32.1. The molecule has 2 spiro atoms. The van der Waals surface area contributed by atoms with Crippen molar-refractivity contribution in [2.45, 2.75) is 75.0 Å². The second-order valence-corrected chi connectivity index (χ2v) is 26.9. The van der Waals surface area contributed by atoms with Gasteiger partial charge in [0.05, 0.1) is 0 Å². The number of para-hydroxylation sites is 4. The Labute approximate surface area is 551 Å². The molecule has 5 heteroatoms. The average molecular weight is 1220 g/mol. The molecule has 0 aliphatic heterocycles. The summed E-state index contributed by atoms with van der Waals surface area (Å²) >= 11 is 1.86. The van der Waals surface area contributed by atoms with Gasteiger partial charge < -0.3 is 19.6 Å². The lowest BCUT2D eigenvalue weighted by Crippen LogP contribution is -2.28. The topological polar surface area (TPSA) is 13.0 Å². The highest BCUT2D eigenvalue weighted by Gasteiger charge is 2.45. The van der Waals surface area contributed by atoms with Gasteiger partial charge in [-0.3, -0.25) is 0 Å². The van der Waals surface area contributed by atoms with Crippen LogP contribution in [0.5, 0.6) is 0 Å². The van der Waals surface area contributed by atoms with Gasteiger partial charge >= 0.3 is 0 Å². The standard InChI is InChI=1S/C88H72N4S/c1-7-23-65(24-8-1)89(66-25-9-2-10-26-66)71-43-47-73(48-44-71)91(75-51-53-79-77-31-15-17-33-81(77)87(83(79)61-75)57-19-5-20-58-87)69-39-35-63(36-40-69)85-55-56-86(93-85)64-37-41-70(42-38-64)92(74-49-45-72(46-50-74)90(67-27-11-3-12-28-67)68-29-13-4-14-30-68)76-52-54-80-78-32-16-18-34-82(78)88(84(80)62-76)59-21-6-22-60-88/h1-4,7-18,23-56,61-62H,5-6,19-22,57-60H2. The monoisotopic (exact) mass is 1220 g/mol. The predicted octanol–water partition coefficient (Wildman–Crippen LogP) is 25.4. The summed E-state index contributed by atoms with van der Waals surface area (Å²) in [5, 5.41) is 0. The maximum atomic E-state index is 2.54. The molecule has 12 aromatic carbocycles. The maximum Gasteiger partial charge on any atom is 0.0465 e. The Morgan fingerprint density at radius 2 is 0.452 bits per heavy atom. The Morgan fingerprint density at radius 1 is 0.204 bits per heavy atom. The van der Waals surface area contributed by atoms with Crippen LogP contribution in [0.4, 0.5) is 68.2 Å². The molecule has 4 aliphatic carbocycles. The third kappa shape index (κ3) is 10.1. The van der Waals surface area contributed by atoms with E-state index in [4.69, 9.17) is 0 Å². The van der Waals surface area contributed by atoms with Gasteiger partial charge in [-0.05, 0) is 239 Å². The van der Waals surface area contributed by atoms with E-state index in [1.54, 1.807) is 0 Å². The second-order valence-electron chi connectivity index (χ2n) is 25.8. The Kier molecular flexibility index (Phi) is 14.6. The van der Waals surface area contributed by atoms with Gasteiger partial charge in [0.1, 0.15) is 0 Å². The summed E-state index contributed by atoms with van der Waals surface area (Å²) in [6.45, 7) is 0. The highest BCUT2D eigenvalue weighted by molar-refractivity contribution is 7.18. The highest BCUT2D eigenvalue weighted by Crippen LogP contribution is 2.59. The molecule has 2 saturated carbocycles. The minimum absolute atomic E-state index is 0.0387. The molecule has 0 radical (unpaired) electrons. The molecule has 93 heavy (non-hydrogen) atoms. The molecule has 0 unspecified atom stereocenters. The Hall–Kier alpha value is -10.5. The number of thiophene rings is 1. The van der Waals surface area contributed by atoms with Gasteiger partial charge in [-0.25, -0.2) is 0 Å². The van der Waals surface area contributed by atoms with Crippen LogP contribution in [-0.2, 0) is 10.8 Å². The predicted molar refractivity (Wildman–Crippen MR) is 393 cm³/mol. The van der Waals surface area contributed by atoms with Crippen molar-refractivity contribution in [1.82, 2.24) is 0 Å². The zero-order valence-corrected chi connectivity index (χ0v) is 53.1. The van der Waals surface area contributed by atoms with Crippen LogP contribution in [0.2, 0.25) is 0 Å². The number of nitrogens with zero attached hydrogens (tertiary/aromatic N) is 4. The smallest absolute Gasteiger partial charge is 0.0465 e. The van der Waals surface area contributed by atoms with Gasteiger partial charge in [0, 0.05) is 88.8 Å². The lowest BCUT2D eigenvalue weighted by Gasteiger charge is -2.36. The normalized spacial score (nSPS) is 14.6. The molecule has 4 nitrogen and oxygen atoms in total. The lowest BCUT2D eigenvalue weighted by molar-refractivity contribution is 0.353. The number of anilines is 12. The first-order chi connectivity index (χ1) is 46.1. The van der Waals surface area contributed by atoms with Gasteiger partial charge in [0.25, 0.3) is 0 Å². The van der Waals surface area contributed by atoms with E-state index in [9.17, 15) is 0 Å². The van der Waals surface area contributed by atoms with Crippen molar-refractivity contribution >= 4 is 79.6 Å². The zero-order chi connectivity index (χ0) is 61.7. The minimum Gasteiger partial charge on any atom is -0.311 e. The van der Waals surface area contributed by atoms with Crippen LogP contribution >= 0.6 is 11.3 Å². The second kappa shape index (κ2) is 24.0. The number of hydrogen-bond donors (Lipinski definition) is 0. The number of hydrogen-bond acceptors (Lipinski definition) is 5. The van der Waals surface area contributed by atoms with Crippen molar-refractivity contribution in [2.75, 3.05) is 19.6 Å². The first kappa shape index (κ1) is 56.5. The van der Waals surface area contributed by atoms with Crippen LogP contribution in [0.15, 0.2) is 315 Å². The SMILES string of the molecule is c1ccc(N(c2ccccc2)c2ccc(N(c3ccc(-c4ccc(-c5ccc(N(c6ccc(N(c7ccccc7)c7ccccc7)cc6)c6ccc7c(c6)C6(CCCCC6)c6ccccc6-7)cc5)s4)cc3)c3ccc4c(c3)C3(CCCCC3)c3ccccc3-4)cc2)cc1. The lowest BCUT2D eigenvalue weighted by atomic mass is 9.68. The van der Waals surface area contributed by atoms with Crippen molar-refractivity contribution < 1.29 is 0 Å². The van der Waals surface area contributed by atoms with Gasteiger partial charge in [-0.15, -0.1) is 11.3 Å². The van der Waals surface area contributed by atoms with E-state index < -0.39 is 0 Å². The van der Waals surface area contributed by atoms with Crippen molar-refractivity contribution in [1.29, 1.82) is 0 Å². The molecule has 0 saturated heterocycles. The van der Waals surface area contributed by atoms with Gasteiger partial charge in [0.15, 0.2) is 0 Å². The van der Waals surface area contributed by atoms with Gasteiger partial charge in [-0.1, -0.05) is 196 Å². The number of fused-ring (bicyclic) bond motifs is 10. The fraction of sp³-hybridized carbons (Fsp3) is 0.136. The molecule has 2 fully saturated rings. The summed E-state index contributed by atoms with van der Waals surface area (Å²) in [5.41, 5.74) is 27.6. The number of benzene rings is 12. The van der Waals surface area contributed by atoms with Crippen LogP contribution in [0, 0.1) is 0 Å². The Morgan fingerprint density at radius 3 is 0.774 bits per heavy atom. The van der Waals surface area contributed by atoms with E-state index in [1.807, 2.05) is 11.3 Å². The summed E-state index contributed by atoms with van der Waals surface area (Å²) < 4.78 is 0. The van der Waals surface area contributed by atoms with Crippen molar-refractivity contribution in [3.8, 4) is 43.1 Å². The third-order valence-corrected chi connectivity index (χ3v) is 21.8. The van der Waals surface area contributed by atoms with Gasteiger partial charge in [0.2, 0.25) is 0 Å². The summed E-state index contributed by atoms with van der Waals surface area (Å²) in [5.74, 6) is 0. The van der Waals surface area contributed by atoms with Crippen LogP contribution in [-0.4, -0.2) is 0 Å². The van der Waals surface area contributed by atoms with Gasteiger partial charge in [-0.2, -0.15) is 0 Å². The quantitative estimate of drug-likeness (QED) is 0.108. The summed E-state index contributed by atoms with van der Waals surface area (Å²) in [4.78, 5) is 12.1. The molecule has 4 aliphatic rings. The molecular weight excluding hydrogens is 1150 g/mol. The molecule has 1 heterocycles. The molecule has 0 atom stereocenters. The van der Waals surface area contributed by atoms with E-state index in [-0.39, 0.29) is 10.8 Å². The molecule has 450 valence electrons. The first-order valence-corrected chi connectivity index (χ1v) is 34.3. The molecule has 1 aromatic heterocycles. The van der Waals surface area contributed by atoms with Crippen LogP contribution < -0.4 is 19.6 Å². The third-order valence-electron chi connectivity index (χ3n) is 20.6. The maximum absolute atomic E-state index is 2.54. The van der Waals surface area contributed by atoms with Crippen molar-refractivity contribution in [2.24, 2.45) is 0 Å². The van der Waals surface area contributed by atoms with Crippen molar-refractivity contribution in [3.05, 3.63) is 338 Å². The molecule has 0 amide bonds. The summed E-state index contributed by atoms with van der Waals surface area (Å²) in [6.07, 6.45) is 12.4. The van der Waals surface area contributed by atoms with E-state index >= 15 is 0 Å². The summed E-state index contributed by atoms with van der Waals surface area (Å²) in [7, 11) is 0. The Bertz CT molecular complexity index is 4400. The minimum atomic E-state index is 0.0387. The molecule has 13 aromatic rings. The van der Waals surface area contributed by atoms with Crippen LogP contribution in [0.1, 0.15) is 86.5 Å². The molecule has 0 N–H and O–H groups in total. The van der Waals surface area contributed by atoms with E-state index in [0.717, 1.165) is 56.9 Å². The first-order valence-electron chi connectivity index (χ1n) is 33.5. The van der Waals surface area contributed by atoms with E-state index in [2.05, 4.69) is 335 Å². The van der Waals surface area contributed by atoms with E-state index in [1.165, 1.54) is 141 Å². The summed E-state index contributed by atoms with van der Waals surface area (Å²) in [6, 6.07) is 117. The molecular formula is C88H72N4S. The zero-order valence-electron chi connectivity index (χ0n) is 52.3. The van der Waals surface area contributed by atoms with Crippen LogP contribution in [0.3, 0.4) is 0 Å². The van der Waals surface area contributed by atoms with Crippen LogP contribution in [0.25, 0.3) is 43.1 Å². The fourth-order valence-corrected chi connectivity index (χ4v) is 17.4. The average Bonchev–Trinajstić information content (AvgIpc) is 1.59. The van der Waals surface area contributed by atoms with E-state index in [0.29, 0.717) is 0 Å². The van der Waals surface area contributed by atoms with Crippen molar-refractivity contribution in [3.63, 3.8) is 0 Å².